The van der Waals surface area contributed by atoms with Gasteiger partial charge in [0.25, 0.3) is 0 Å². The second kappa shape index (κ2) is 6.23. The van der Waals surface area contributed by atoms with E-state index < -0.39 is 11.7 Å². The average Bonchev–Trinajstić information content (AvgIpc) is 2.41. The van der Waals surface area contributed by atoms with Crippen LogP contribution >= 0.6 is 12.2 Å². The molecule has 0 saturated heterocycles. The molecule has 2 aromatic rings. The zero-order valence-corrected chi connectivity index (χ0v) is 12.3. The molecule has 0 aliphatic carbocycles. The van der Waals surface area contributed by atoms with Crippen LogP contribution in [0.1, 0.15) is 11.1 Å². The van der Waals surface area contributed by atoms with Crippen LogP contribution in [0.15, 0.2) is 42.5 Å². The number of nitrogens with one attached hydrogen (secondary N) is 2. The summed E-state index contributed by atoms with van der Waals surface area (Å²) in [6.07, 6.45) is -4.40. The van der Waals surface area contributed by atoms with Gasteiger partial charge in [0, 0.05) is 11.4 Å². The minimum Gasteiger partial charge on any atom is -0.508 e. The number of thiocarbonyl (C=S) groups is 1. The molecule has 0 amide bonds. The Balaban J connectivity index is 2.09. The highest BCUT2D eigenvalue weighted by atomic mass is 32.1. The lowest BCUT2D eigenvalue weighted by molar-refractivity contribution is -0.137. The molecule has 116 valence electrons. The van der Waals surface area contributed by atoms with Crippen molar-refractivity contribution in [1.82, 2.24) is 0 Å². The minimum atomic E-state index is -4.40. The van der Waals surface area contributed by atoms with Crippen LogP contribution in [0, 0.1) is 6.92 Å². The molecule has 0 unspecified atom stereocenters. The fourth-order valence-electron chi connectivity index (χ4n) is 1.85. The Kier molecular flexibility index (Phi) is 4.56. The molecule has 3 nitrogen and oxygen atoms in total. The fourth-order valence-corrected chi connectivity index (χ4v) is 2.07. The maximum Gasteiger partial charge on any atom is 0.416 e. The Morgan fingerprint density at radius 1 is 1.09 bits per heavy atom. The smallest absolute Gasteiger partial charge is 0.416 e. The zero-order chi connectivity index (χ0) is 16.3. The second-order valence-electron chi connectivity index (χ2n) is 4.66. The number of rotatable bonds is 2. The van der Waals surface area contributed by atoms with E-state index in [1.54, 1.807) is 19.1 Å². The molecule has 0 bridgehead atoms. The summed E-state index contributed by atoms with van der Waals surface area (Å²) in [4.78, 5) is 0. The maximum atomic E-state index is 12.6. The molecule has 22 heavy (non-hydrogen) atoms. The molecule has 7 heteroatoms. The lowest BCUT2D eigenvalue weighted by atomic mass is 10.2. The highest BCUT2D eigenvalue weighted by molar-refractivity contribution is 7.80. The number of phenolic OH excluding ortho intramolecular Hbond substituents is 1. The van der Waals surface area contributed by atoms with Gasteiger partial charge in [0.15, 0.2) is 5.11 Å². The summed E-state index contributed by atoms with van der Waals surface area (Å²) in [6, 6.07) is 9.44. The van der Waals surface area contributed by atoms with Crippen molar-refractivity contribution in [2.24, 2.45) is 0 Å². The first kappa shape index (κ1) is 16.1. The van der Waals surface area contributed by atoms with E-state index in [9.17, 15) is 18.3 Å². The van der Waals surface area contributed by atoms with Crippen LogP contribution in [-0.2, 0) is 6.18 Å². The van der Waals surface area contributed by atoms with Crippen LogP contribution < -0.4 is 10.6 Å². The molecule has 0 radical (unpaired) electrons. The van der Waals surface area contributed by atoms with Gasteiger partial charge in [-0.25, -0.2) is 0 Å². The Hall–Kier alpha value is -2.28. The van der Waals surface area contributed by atoms with Crippen molar-refractivity contribution < 1.29 is 18.3 Å². The Morgan fingerprint density at radius 3 is 2.45 bits per heavy atom. The fraction of sp³-hybridized carbons (Fsp3) is 0.133. The van der Waals surface area contributed by atoms with Gasteiger partial charge in [-0.1, -0.05) is 6.07 Å². The van der Waals surface area contributed by atoms with Crippen molar-refractivity contribution in [3.05, 3.63) is 53.6 Å². The van der Waals surface area contributed by atoms with Crippen molar-refractivity contribution in [1.29, 1.82) is 0 Å². The van der Waals surface area contributed by atoms with E-state index in [1.165, 1.54) is 18.2 Å². The van der Waals surface area contributed by atoms with Crippen LogP contribution in [0.5, 0.6) is 5.75 Å². The minimum absolute atomic E-state index is 0.125. The lowest BCUT2D eigenvalue weighted by Gasteiger charge is -2.14. The number of hydrogen-bond donors (Lipinski definition) is 3. The third-order valence-electron chi connectivity index (χ3n) is 2.91. The Morgan fingerprint density at radius 2 is 1.82 bits per heavy atom. The molecule has 0 saturated carbocycles. The first-order valence-electron chi connectivity index (χ1n) is 6.30. The van der Waals surface area contributed by atoms with Crippen molar-refractivity contribution in [2.45, 2.75) is 13.1 Å². The number of halogens is 3. The van der Waals surface area contributed by atoms with Gasteiger partial charge >= 0.3 is 6.18 Å². The van der Waals surface area contributed by atoms with Crippen molar-refractivity contribution >= 4 is 28.7 Å². The summed E-state index contributed by atoms with van der Waals surface area (Å²) >= 11 is 5.08. The number of anilines is 2. The van der Waals surface area contributed by atoms with Crippen LogP contribution in [0.4, 0.5) is 24.5 Å². The summed E-state index contributed by atoms with van der Waals surface area (Å²) in [5.41, 5.74) is 0.903. The van der Waals surface area contributed by atoms with Crippen molar-refractivity contribution in [2.75, 3.05) is 10.6 Å². The third kappa shape index (κ3) is 4.11. The van der Waals surface area contributed by atoms with Crippen LogP contribution in [0.25, 0.3) is 0 Å². The average molecular weight is 326 g/mol. The van der Waals surface area contributed by atoms with E-state index in [2.05, 4.69) is 10.6 Å². The molecule has 2 aromatic carbocycles. The van der Waals surface area contributed by atoms with E-state index in [-0.39, 0.29) is 16.5 Å². The molecule has 0 atom stereocenters. The van der Waals surface area contributed by atoms with Gasteiger partial charge in [0.2, 0.25) is 0 Å². The van der Waals surface area contributed by atoms with Gasteiger partial charge in [-0.15, -0.1) is 0 Å². The number of hydrogen-bond acceptors (Lipinski definition) is 2. The van der Waals surface area contributed by atoms with Crippen molar-refractivity contribution in [3.8, 4) is 5.75 Å². The summed E-state index contributed by atoms with van der Waals surface area (Å²) in [7, 11) is 0. The van der Waals surface area contributed by atoms with Crippen LogP contribution in [0.2, 0.25) is 0 Å². The molecule has 0 fully saturated rings. The molecule has 0 aliphatic rings. The molecule has 2 rings (SSSR count). The van der Waals surface area contributed by atoms with Crippen LogP contribution in [0.3, 0.4) is 0 Å². The number of aromatic hydroxyl groups is 1. The quantitative estimate of drug-likeness (QED) is 0.560. The van der Waals surface area contributed by atoms with Gasteiger partial charge in [-0.3, -0.25) is 0 Å². The third-order valence-corrected chi connectivity index (χ3v) is 3.11. The topological polar surface area (TPSA) is 44.3 Å². The molecule has 0 heterocycles. The van der Waals surface area contributed by atoms with Crippen molar-refractivity contribution in [3.63, 3.8) is 0 Å². The van der Waals surface area contributed by atoms with Gasteiger partial charge in [-0.2, -0.15) is 13.2 Å². The van der Waals surface area contributed by atoms with E-state index in [0.29, 0.717) is 5.69 Å². The van der Waals surface area contributed by atoms with Gasteiger partial charge in [-0.05, 0) is 61.1 Å². The maximum absolute atomic E-state index is 12.6. The first-order valence-corrected chi connectivity index (χ1v) is 6.71. The van der Waals surface area contributed by atoms with Crippen LogP contribution in [-0.4, -0.2) is 10.2 Å². The van der Waals surface area contributed by atoms with Gasteiger partial charge in [0.05, 0.1) is 5.56 Å². The molecule has 0 spiro atoms. The molecule has 0 aliphatic heterocycles. The highest BCUT2D eigenvalue weighted by Crippen LogP contribution is 2.30. The summed E-state index contributed by atoms with van der Waals surface area (Å²) < 4.78 is 37.9. The lowest BCUT2D eigenvalue weighted by Crippen LogP contribution is -2.20. The standard InChI is InChI=1S/C15H13F3N2OS/c1-9-7-12(21)5-6-13(9)20-14(22)19-11-4-2-3-10(8-11)15(16,17)18/h2-8,21H,1H3,(H2,19,20,22). The van der Waals surface area contributed by atoms with E-state index in [1.807, 2.05) is 0 Å². The summed E-state index contributed by atoms with van der Waals surface area (Å²) in [5.74, 6) is 0.125. The molecule has 3 N–H and O–H groups in total. The monoisotopic (exact) mass is 326 g/mol. The predicted molar refractivity (Wildman–Crippen MR) is 84.1 cm³/mol. The zero-order valence-electron chi connectivity index (χ0n) is 11.5. The second-order valence-corrected chi connectivity index (χ2v) is 5.07. The molecule has 0 aromatic heterocycles. The van der Waals surface area contributed by atoms with Gasteiger partial charge in [0.1, 0.15) is 5.75 Å². The number of phenols is 1. The Bertz CT molecular complexity index is 701. The number of aryl methyl sites for hydroxylation is 1. The van der Waals surface area contributed by atoms with E-state index in [0.717, 1.165) is 17.7 Å². The summed E-state index contributed by atoms with van der Waals surface area (Å²) in [5, 5.41) is 15.1. The largest absolute Gasteiger partial charge is 0.508 e. The predicted octanol–water partition coefficient (Wildman–Crippen LogP) is 4.53. The molecular weight excluding hydrogens is 313 g/mol. The van der Waals surface area contributed by atoms with Gasteiger partial charge < -0.3 is 15.7 Å². The van der Waals surface area contributed by atoms with E-state index in [4.69, 9.17) is 12.2 Å². The molecular formula is C15H13F3N2OS. The number of alkyl halides is 3. The first-order chi connectivity index (χ1) is 10.3. The number of benzene rings is 2. The van der Waals surface area contributed by atoms with E-state index >= 15 is 0 Å². The normalized spacial score (nSPS) is 11.1. The Labute approximate surface area is 130 Å². The summed E-state index contributed by atoms with van der Waals surface area (Å²) in [6.45, 7) is 1.77. The highest BCUT2D eigenvalue weighted by Gasteiger charge is 2.30. The SMILES string of the molecule is Cc1cc(O)ccc1NC(=S)Nc1cccc(C(F)(F)F)c1.